The molecular weight excluding hydrogens is 260 g/mol. The number of carbonyl (C=O) groups excluding carboxylic acids is 2. The summed E-state index contributed by atoms with van der Waals surface area (Å²) in [7, 11) is 0. The van der Waals surface area contributed by atoms with Crippen molar-refractivity contribution in [3.63, 3.8) is 0 Å². The van der Waals surface area contributed by atoms with Crippen LogP contribution in [0.15, 0.2) is 53.6 Å². The van der Waals surface area contributed by atoms with E-state index in [0.29, 0.717) is 10.6 Å². The van der Waals surface area contributed by atoms with E-state index in [1.165, 1.54) is 4.90 Å². The second kappa shape index (κ2) is 4.78. The number of anilines is 1. The number of H-pyrrole nitrogens is 1. The Hall–Kier alpha value is -2.27. The monoisotopic (exact) mass is 270 g/mol. The van der Waals surface area contributed by atoms with Crippen molar-refractivity contribution in [3.05, 3.63) is 59.3 Å². The van der Waals surface area contributed by atoms with Crippen LogP contribution in [0.3, 0.4) is 0 Å². The molecule has 0 atom stereocenters. The van der Waals surface area contributed by atoms with Crippen molar-refractivity contribution in [1.82, 2.24) is 4.98 Å². The maximum absolute atomic E-state index is 12.2. The highest BCUT2D eigenvalue weighted by atomic mass is 32.2. The molecule has 19 heavy (non-hydrogen) atoms. The first-order valence-electron chi connectivity index (χ1n) is 5.72. The summed E-state index contributed by atoms with van der Waals surface area (Å²) in [5.74, 6) is -0.282. The van der Waals surface area contributed by atoms with E-state index >= 15 is 0 Å². The van der Waals surface area contributed by atoms with E-state index in [4.69, 9.17) is 0 Å². The van der Waals surface area contributed by atoms with Gasteiger partial charge in [0.05, 0.1) is 10.6 Å². The minimum absolute atomic E-state index is 0.269. The lowest BCUT2D eigenvalue weighted by Crippen LogP contribution is -2.27. The number of carbonyl (C=O) groups is 2. The predicted molar refractivity (Wildman–Crippen MR) is 75.7 cm³/mol. The maximum atomic E-state index is 12.2. The molecule has 1 saturated heterocycles. The predicted octanol–water partition coefficient (Wildman–Crippen LogP) is 3.26. The summed E-state index contributed by atoms with van der Waals surface area (Å²) >= 11 is 0.953. The highest BCUT2D eigenvalue weighted by Crippen LogP contribution is 2.35. The fourth-order valence-corrected chi connectivity index (χ4v) is 2.67. The molecule has 0 radical (unpaired) electrons. The van der Waals surface area contributed by atoms with Gasteiger partial charge in [-0.25, -0.2) is 4.90 Å². The molecule has 0 unspecified atom stereocenters. The third kappa shape index (κ3) is 2.20. The van der Waals surface area contributed by atoms with Gasteiger partial charge in [-0.3, -0.25) is 9.59 Å². The molecule has 3 rings (SSSR count). The van der Waals surface area contributed by atoms with Crippen LogP contribution < -0.4 is 4.90 Å². The van der Waals surface area contributed by atoms with Gasteiger partial charge in [0.2, 0.25) is 0 Å². The number of thioether (sulfide) groups is 1. The van der Waals surface area contributed by atoms with Crippen LogP contribution in [0, 0.1) is 0 Å². The molecule has 1 N–H and O–H groups in total. The van der Waals surface area contributed by atoms with Crippen molar-refractivity contribution in [1.29, 1.82) is 0 Å². The SMILES string of the molecule is O=C1SC(=Cc2ccc[nH]2)C(=O)N1c1ccccc1. The molecule has 5 heteroatoms. The van der Waals surface area contributed by atoms with Gasteiger partial charge in [-0.15, -0.1) is 0 Å². The number of amides is 2. The Morgan fingerprint density at radius 2 is 1.84 bits per heavy atom. The van der Waals surface area contributed by atoms with E-state index in [1.54, 1.807) is 36.5 Å². The number of rotatable bonds is 2. The summed E-state index contributed by atoms with van der Waals surface area (Å²) < 4.78 is 0. The number of aromatic amines is 1. The molecule has 2 heterocycles. The second-order valence-corrected chi connectivity index (χ2v) is 4.97. The standard InChI is InChI=1S/C14H10N2O2S/c17-13-12(9-10-5-4-8-15-10)19-14(18)16(13)11-6-2-1-3-7-11/h1-9,15H. The topological polar surface area (TPSA) is 53.2 Å². The van der Waals surface area contributed by atoms with Gasteiger partial charge in [-0.1, -0.05) is 18.2 Å². The van der Waals surface area contributed by atoms with E-state index in [0.717, 1.165) is 17.5 Å². The third-order valence-corrected chi connectivity index (χ3v) is 3.59. The number of benzene rings is 1. The van der Waals surface area contributed by atoms with Crippen molar-refractivity contribution in [3.8, 4) is 0 Å². The molecular formula is C14H10N2O2S. The second-order valence-electron chi connectivity index (χ2n) is 3.98. The molecule has 0 aliphatic carbocycles. The van der Waals surface area contributed by atoms with Gasteiger partial charge in [0.1, 0.15) is 0 Å². The van der Waals surface area contributed by atoms with Gasteiger partial charge in [-0.2, -0.15) is 0 Å². The van der Waals surface area contributed by atoms with Gasteiger partial charge in [0.25, 0.3) is 11.1 Å². The van der Waals surface area contributed by atoms with E-state index in [9.17, 15) is 9.59 Å². The minimum atomic E-state index is -0.282. The molecule has 2 amide bonds. The lowest BCUT2D eigenvalue weighted by atomic mass is 10.3. The first-order valence-corrected chi connectivity index (χ1v) is 6.54. The number of imide groups is 1. The average molecular weight is 270 g/mol. The van der Waals surface area contributed by atoms with E-state index in [2.05, 4.69) is 4.98 Å². The number of para-hydroxylation sites is 1. The highest BCUT2D eigenvalue weighted by Gasteiger charge is 2.36. The lowest BCUT2D eigenvalue weighted by molar-refractivity contribution is -0.113. The fourth-order valence-electron chi connectivity index (χ4n) is 1.84. The van der Waals surface area contributed by atoms with Gasteiger partial charge in [-0.05, 0) is 42.1 Å². The Bertz CT molecular complexity index is 647. The summed E-state index contributed by atoms with van der Waals surface area (Å²) in [5, 5.41) is -0.269. The van der Waals surface area contributed by atoms with Crippen LogP contribution in [0.1, 0.15) is 5.69 Å². The molecule has 0 saturated carbocycles. The summed E-state index contributed by atoms with van der Waals surface area (Å²) in [6.45, 7) is 0. The van der Waals surface area contributed by atoms with Gasteiger partial charge < -0.3 is 4.98 Å². The van der Waals surface area contributed by atoms with Crippen molar-refractivity contribution in [2.45, 2.75) is 0 Å². The molecule has 0 bridgehead atoms. The van der Waals surface area contributed by atoms with Crippen LogP contribution in [0.25, 0.3) is 6.08 Å². The summed E-state index contributed by atoms with van der Waals surface area (Å²) in [6, 6.07) is 12.6. The Morgan fingerprint density at radius 1 is 1.05 bits per heavy atom. The molecule has 1 aromatic carbocycles. The van der Waals surface area contributed by atoms with E-state index in [-0.39, 0.29) is 11.1 Å². The van der Waals surface area contributed by atoms with Gasteiger partial charge in [0, 0.05) is 11.9 Å². The number of hydrogen-bond acceptors (Lipinski definition) is 3. The molecule has 1 aliphatic rings. The van der Waals surface area contributed by atoms with Gasteiger partial charge in [0.15, 0.2) is 0 Å². The zero-order valence-electron chi connectivity index (χ0n) is 9.87. The Morgan fingerprint density at radius 3 is 2.53 bits per heavy atom. The van der Waals surface area contributed by atoms with E-state index < -0.39 is 0 Å². The smallest absolute Gasteiger partial charge is 0.298 e. The largest absolute Gasteiger partial charge is 0.362 e. The summed E-state index contributed by atoms with van der Waals surface area (Å²) in [6.07, 6.45) is 3.46. The van der Waals surface area contributed by atoms with Crippen LogP contribution in [-0.4, -0.2) is 16.1 Å². The molecule has 1 fully saturated rings. The molecule has 4 nitrogen and oxygen atoms in total. The van der Waals surface area contributed by atoms with Gasteiger partial charge >= 0.3 is 0 Å². The Balaban J connectivity index is 1.94. The number of hydrogen-bond donors (Lipinski definition) is 1. The summed E-state index contributed by atoms with van der Waals surface area (Å²) in [4.78, 5) is 28.8. The van der Waals surface area contributed by atoms with Crippen molar-refractivity contribution in [2.24, 2.45) is 0 Å². The molecule has 1 aliphatic heterocycles. The molecule has 0 spiro atoms. The zero-order valence-corrected chi connectivity index (χ0v) is 10.7. The van der Waals surface area contributed by atoms with Crippen molar-refractivity contribution < 1.29 is 9.59 Å². The summed E-state index contributed by atoms with van der Waals surface area (Å²) in [5.41, 5.74) is 1.40. The zero-order chi connectivity index (χ0) is 13.2. The van der Waals surface area contributed by atoms with Crippen molar-refractivity contribution in [2.75, 3.05) is 4.90 Å². The first kappa shape index (κ1) is 11.8. The molecule has 1 aromatic heterocycles. The van der Waals surface area contributed by atoms with Crippen LogP contribution in [0.5, 0.6) is 0 Å². The fraction of sp³-hybridized carbons (Fsp3) is 0. The third-order valence-electron chi connectivity index (χ3n) is 2.72. The Kier molecular flexibility index (Phi) is 2.97. The normalized spacial score (nSPS) is 17.5. The Labute approximate surface area is 114 Å². The lowest BCUT2D eigenvalue weighted by Gasteiger charge is -2.11. The first-order chi connectivity index (χ1) is 9.25. The van der Waals surface area contributed by atoms with Crippen LogP contribution in [0.2, 0.25) is 0 Å². The molecule has 94 valence electrons. The van der Waals surface area contributed by atoms with Crippen LogP contribution in [-0.2, 0) is 4.79 Å². The minimum Gasteiger partial charge on any atom is -0.362 e. The van der Waals surface area contributed by atoms with Crippen molar-refractivity contribution >= 4 is 34.7 Å². The maximum Gasteiger partial charge on any atom is 0.298 e. The average Bonchev–Trinajstić information content (AvgIpc) is 3.01. The van der Waals surface area contributed by atoms with E-state index in [1.807, 2.05) is 18.2 Å². The van der Waals surface area contributed by atoms with Crippen LogP contribution >= 0.6 is 11.8 Å². The highest BCUT2D eigenvalue weighted by molar-refractivity contribution is 8.19. The quantitative estimate of drug-likeness (QED) is 0.852. The number of aromatic nitrogens is 1. The van der Waals surface area contributed by atoms with Crippen LogP contribution in [0.4, 0.5) is 10.5 Å². The molecule has 2 aromatic rings. The number of nitrogens with zero attached hydrogens (tertiary/aromatic N) is 1. The number of nitrogens with one attached hydrogen (secondary N) is 1.